The molecule has 0 aliphatic heterocycles. The van der Waals surface area contributed by atoms with Crippen LogP contribution in [-0.2, 0) is 5.41 Å². The summed E-state index contributed by atoms with van der Waals surface area (Å²) in [6.07, 6.45) is 5.01. The summed E-state index contributed by atoms with van der Waals surface area (Å²) in [7, 11) is 0. The highest BCUT2D eigenvalue weighted by molar-refractivity contribution is 7.09. The van der Waals surface area contributed by atoms with Gasteiger partial charge in [0.2, 0.25) is 0 Å². The zero-order valence-corrected chi connectivity index (χ0v) is 10.4. The van der Waals surface area contributed by atoms with E-state index in [0.29, 0.717) is 11.3 Å². The number of aromatic nitrogens is 1. The van der Waals surface area contributed by atoms with Crippen molar-refractivity contribution < 1.29 is 0 Å². The fourth-order valence-electron chi connectivity index (χ4n) is 2.31. The van der Waals surface area contributed by atoms with Crippen molar-refractivity contribution in [2.24, 2.45) is 5.73 Å². The van der Waals surface area contributed by atoms with Crippen LogP contribution in [0.3, 0.4) is 0 Å². The van der Waals surface area contributed by atoms with Crippen LogP contribution in [0.2, 0.25) is 0 Å². The standard InChI is InChI=1S/C12H20N2S/c1-9(2)11-14-10(8-15-11)12(6-7-13)4-3-5-12/h8-9H,3-7,13H2,1-2H3. The molecule has 15 heavy (non-hydrogen) atoms. The molecule has 84 valence electrons. The number of nitrogens with zero attached hydrogens (tertiary/aromatic N) is 1. The molecule has 1 aliphatic rings. The summed E-state index contributed by atoms with van der Waals surface area (Å²) in [6.45, 7) is 5.20. The summed E-state index contributed by atoms with van der Waals surface area (Å²) in [5.74, 6) is 0.554. The first kappa shape index (κ1) is 11.1. The number of rotatable bonds is 4. The van der Waals surface area contributed by atoms with Gasteiger partial charge in [0.15, 0.2) is 0 Å². The van der Waals surface area contributed by atoms with Gasteiger partial charge in [-0.05, 0) is 25.8 Å². The molecule has 2 N–H and O–H groups in total. The van der Waals surface area contributed by atoms with Crippen molar-refractivity contribution in [3.63, 3.8) is 0 Å². The summed E-state index contributed by atoms with van der Waals surface area (Å²) >= 11 is 1.81. The van der Waals surface area contributed by atoms with Crippen LogP contribution in [0.15, 0.2) is 5.38 Å². The van der Waals surface area contributed by atoms with E-state index in [-0.39, 0.29) is 0 Å². The predicted molar refractivity (Wildman–Crippen MR) is 65.4 cm³/mol. The normalized spacial score (nSPS) is 19.2. The molecular formula is C12H20N2S. The maximum atomic E-state index is 5.70. The second-order valence-corrected chi connectivity index (χ2v) is 5.79. The average Bonchev–Trinajstić information content (AvgIpc) is 2.60. The summed E-state index contributed by atoms with van der Waals surface area (Å²) in [5.41, 5.74) is 7.36. The smallest absolute Gasteiger partial charge is 0.0953 e. The molecule has 0 atom stereocenters. The molecule has 1 fully saturated rings. The van der Waals surface area contributed by atoms with Gasteiger partial charge in [-0.1, -0.05) is 20.3 Å². The van der Waals surface area contributed by atoms with Crippen LogP contribution in [0.4, 0.5) is 0 Å². The lowest BCUT2D eigenvalue weighted by atomic mass is 9.65. The van der Waals surface area contributed by atoms with Crippen LogP contribution in [0, 0.1) is 0 Å². The molecule has 0 aromatic carbocycles. The van der Waals surface area contributed by atoms with Gasteiger partial charge < -0.3 is 5.73 Å². The first-order chi connectivity index (χ1) is 7.18. The van der Waals surface area contributed by atoms with Gasteiger partial charge in [0.05, 0.1) is 10.7 Å². The third-order valence-corrected chi connectivity index (χ3v) is 4.64. The third-order valence-electron chi connectivity index (χ3n) is 3.49. The molecular weight excluding hydrogens is 204 g/mol. The molecule has 0 bridgehead atoms. The van der Waals surface area contributed by atoms with Crippen LogP contribution in [0.5, 0.6) is 0 Å². The maximum absolute atomic E-state index is 5.70. The first-order valence-electron chi connectivity index (χ1n) is 5.84. The first-order valence-corrected chi connectivity index (χ1v) is 6.72. The topological polar surface area (TPSA) is 38.9 Å². The van der Waals surface area contributed by atoms with E-state index in [1.165, 1.54) is 30.0 Å². The van der Waals surface area contributed by atoms with Crippen molar-refractivity contribution >= 4 is 11.3 Å². The molecule has 2 rings (SSSR count). The van der Waals surface area contributed by atoms with Crippen molar-refractivity contribution in [1.82, 2.24) is 4.98 Å². The van der Waals surface area contributed by atoms with Crippen LogP contribution in [0.25, 0.3) is 0 Å². The molecule has 1 aromatic heterocycles. The van der Waals surface area contributed by atoms with E-state index in [1.54, 1.807) is 0 Å². The van der Waals surface area contributed by atoms with Crippen molar-refractivity contribution in [1.29, 1.82) is 0 Å². The molecule has 0 radical (unpaired) electrons. The predicted octanol–water partition coefficient (Wildman–Crippen LogP) is 3.04. The van der Waals surface area contributed by atoms with Crippen LogP contribution in [0.1, 0.15) is 56.2 Å². The summed E-state index contributed by atoms with van der Waals surface area (Å²) in [5, 5.41) is 3.53. The minimum absolute atomic E-state index is 0.346. The van der Waals surface area contributed by atoms with Crippen molar-refractivity contribution in [2.45, 2.75) is 50.9 Å². The lowest BCUT2D eigenvalue weighted by molar-refractivity contribution is 0.223. The molecule has 1 heterocycles. The lowest BCUT2D eigenvalue weighted by Crippen LogP contribution is -2.36. The fourth-order valence-corrected chi connectivity index (χ4v) is 3.27. The van der Waals surface area contributed by atoms with Crippen LogP contribution in [-0.4, -0.2) is 11.5 Å². The Morgan fingerprint density at radius 3 is 2.67 bits per heavy atom. The third kappa shape index (κ3) is 1.95. The Labute approximate surface area is 95.9 Å². The van der Waals surface area contributed by atoms with Gasteiger partial charge in [-0.2, -0.15) is 0 Å². The summed E-state index contributed by atoms with van der Waals surface area (Å²) in [6, 6.07) is 0. The Morgan fingerprint density at radius 2 is 2.27 bits per heavy atom. The zero-order valence-electron chi connectivity index (χ0n) is 9.62. The van der Waals surface area contributed by atoms with E-state index in [4.69, 9.17) is 10.7 Å². The molecule has 0 unspecified atom stereocenters. The monoisotopic (exact) mass is 224 g/mol. The van der Waals surface area contributed by atoms with Crippen LogP contribution < -0.4 is 5.73 Å². The van der Waals surface area contributed by atoms with Gasteiger partial charge in [0.1, 0.15) is 0 Å². The van der Waals surface area contributed by atoms with Crippen LogP contribution >= 0.6 is 11.3 Å². The maximum Gasteiger partial charge on any atom is 0.0953 e. The second kappa shape index (κ2) is 4.22. The van der Waals surface area contributed by atoms with Gasteiger partial charge >= 0.3 is 0 Å². The molecule has 1 aliphatic carbocycles. The highest BCUT2D eigenvalue weighted by Gasteiger charge is 2.39. The minimum Gasteiger partial charge on any atom is -0.330 e. The number of nitrogens with two attached hydrogens (primary N) is 1. The molecule has 0 saturated heterocycles. The van der Waals surface area contributed by atoms with E-state index < -0.39 is 0 Å². The second-order valence-electron chi connectivity index (χ2n) is 4.90. The Bertz CT molecular complexity index is 326. The van der Waals surface area contributed by atoms with Crippen molar-refractivity contribution in [3.8, 4) is 0 Å². The van der Waals surface area contributed by atoms with E-state index in [9.17, 15) is 0 Å². The fraction of sp³-hybridized carbons (Fsp3) is 0.750. The van der Waals surface area contributed by atoms with E-state index in [0.717, 1.165) is 13.0 Å². The summed E-state index contributed by atoms with van der Waals surface area (Å²) < 4.78 is 0. The molecule has 0 spiro atoms. The van der Waals surface area contributed by atoms with Gasteiger partial charge in [-0.3, -0.25) is 0 Å². The SMILES string of the molecule is CC(C)c1nc(C2(CCN)CCC2)cs1. The van der Waals surface area contributed by atoms with Crippen molar-refractivity contribution in [2.75, 3.05) is 6.54 Å². The minimum atomic E-state index is 0.346. The molecule has 3 heteroatoms. The Kier molecular flexibility index (Phi) is 3.12. The van der Waals surface area contributed by atoms with E-state index in [1.807, 2.05) is 11.3 Å². The van der Waals surface area contributed by atoms with Gasteiger partial charge in [-0.25, -0.2) is 4.98 Å². The highest BCUT2D eigenvalue weighted by atomic mass is 32.1. The molecule has 1 aromatic rings. The van der Waals surface area contributed by atoms with Gasteiger partial charge in [0, 0.05) is 16.7 Å². The largest absolute Gasteiger partial charge is 0.330 e. The number of thiazole rings is 1. The lowest BCUT2D eigenvalue weighted by Gasteiger charge is -2.40. The Hall–Kier alpha value is -0.410. The Morgan fingerprint density at radius 1 is 1.53 bits per heavy atom. The average molecular weight is 224 g/mol. The van der Waals surface area contributed by atoms with E-state index in [2.05, 4.69) is 19.2 Å². The van der Waals surface area contributed by atoms with E-state index >= 15 is 0 Å². The molecule has 1 saturated carbocycles. The zero-order chi connectivity index (χ0) is 10.9. The number of hydrogen-bond acceptors (Lipinski definition) is 3. The quantitative estimate of drug-likeness (QED) is 0.853. The number of hydrogen-bond donors (Lipinski definition) is 1. The Balaban J connectivity index is 2.19. The van der Waals surface area contributed by atoms with Crippen molar-refractivity contribution in [3.05, 3.63) is 16.1 Å². The van der Waals surface area contributed by atoms with Gasteiger partial charge in [0.25, 0.3) is 0 Å². The molecule has 0 amide bonds. The highest BCUT2D eigenvalue weighted by Crippen LogP contribution is 2.46. The summed E-state index contributed by atoms with van der Waals surface area (Å²) in [4.78, 5) is 4.79. The van der Waals surface area contributed by atoms with Gasteiger partial charge in [-0.15, -0.1) is 11.3 Å². The molecule has 2 nitrogen and oxygen atoms in total.